The van der Waals surface area contributed by atoms with Crippen molar-refractivity contribution in [1.82, 2.24) is 4.90 Å². The summed E-state index contributed by atoms with van der Waals surface area (Å²) in [7, 11) is 0. The number of carboxylic acids is 1. The first-order valence-corrected chi connectivity index (χ1v) is 4.73. The van der Waals surface area contributed by atoms with Crippen LogP contribution in [-0.4, -0.2) is 33.8 Å². The molecule has 2 heterocycles. The highest BCUT2D eigenvalue weighted by Gasteiger charge is 2.52. The summed E-state index contributed by atoms with van der Waals surface area (Å²) in [4.78, 5) is 23.2. The smallest absolute Gasteiger partial charge is 0.353 e. The Bertz CT molecular complexity index is 315. The molecular formula is C7H8N2O3S. The molecule has 1 fully saturated rings. The predicted octanol–water partition coefficient (Wildman–Crippen LogP) is -0.598. The minimum Gasteiger partial charge on any atom is -0.477 e. The fraction of sp³-hybridized carbons (Fsp3) is 0.429. The first kappa shape index (κ1) is 8.58. The molecule has 0 spiro atoms. The van der Waals surface area contributed by atoms with E-state index in [9.17, 15) is 9.59 Å². The maximum Gasteiger partial charge on any atom is 0.353 e. The van der Waals surface area contributed by atoms with Crippen molar-refractivity contribution < 1.29 is 14.7 Å². The second kappa shape index (κ2) is 2.74. The molecule has 2 aliphatic rings. The zero-order chi connectivity index (χ0) is 9.59. The number of aliphatic carboxylic acids is 1. The molecule has 0 aromatic heterocycles. The Labute approximate surface area is 78.6 Å². The van der Waals surface area contributed by atoms with E-state index < -0.39 is 5.97 Å². The number of amides is 1. The molecule has 0 radical (unpaired) electrons. The van der Waals surface area contributed by atoms with Gasteiger partial charge in [0.1, 0.15) is 5.70 Å². The number of thioether (sulfide) groups is 1. The van der Waals surface area contributed by atoms with Crippen molar-refractivity contribution in [3.05, 3.63) is 11.1 Å². The predicted molar refractivity (Wildman–Crippen MR) is 46.5 cm³/mol. The Morgan fingerprint density at radius 2 is 2.46 bits per heavy atom. The Morgan fingerprint density at radius 1 is 1.77 bits per heavy atom. The highest BCUT2D eigenvalue weighted by molar-refractivity contribution is 8.03. The minimum atomic E-state index is -1.06. The number of nitrogens with two attached hydrogens (primary N) is 1. The van der Waals surface area contributed by atoms with Crippen molar-refractivity contribution >= 4 is 23.6 Å². The van der Waals surface area contributed by atoms with Crippen molar-refractivity contribution in [2.45, 2.75) is 5.37 Å². The van der Waals surface area contributed by atoms with Crippen LogP contribution in [0.1, 0.15) is 0 Å². The van der Waals surface area contributed by atoms with Gasteiger partial charge in [-0.25, -0.2) is 4.79 Å². The van der Waals surface area contributed by atoms with Crippen LogP contribution in [0.2, 0.25) is 0 Å². The van der Waals surface area contributed by atoms with Crippen LogP contribution in [0.3, 0.4) is 0 Å². The fourth-order valence-electron chi connectivity index (χ4n) is 1.50. The van der Waals surface area contributed by atoms with Crippen LogP contribution in [0.5, 0.6) is 0 Å². The highest BCUT2D eigenvalue weighted by atomic mass is 32.2. The Kier molecular flexibility index (Phi) is 1.81. The third-order valence-corrected chi connectivity index (χ3v) is 3.38. The standard InChI is InChI=1S/C7H8N2O3S/c8-1-3-5(10)9-4(7(11)12)2-13-6(3)9/h2-3,6H,1,8H2,(H,11,12)/t3?,6-/m0/s1. The number of hydrogen-bond acceptors (Lipinski definition) is 4. The largest absolute Gasteiger partial charge is 0.477 e. The SMILES string of the molecule is NCC1C(=O)N2C(C(=O)O)=CS[C@@H]12. The summed E-state index contributed by atoms with van der Waals surface area (Å²) >= 11 is 1.35. The van der Waals surface area contributed by atoms with E-state index in [1.807, 2.05) is 0 Å². The lowest BCUT2D eigenvalue weighted by atomic mass is 9.98. The van der Waals surface area contributed by atoms with Crippen molar-refractivity contribution in [2.24, 2.45) is 11.7 Å². The van der Waals surface area contributed by atoms with Gasteiger partial charge in [0.15, 0.2) is 0 Å². The average Bonchev–Trinajstić information content (AvgIpc) is 2.45. The van der Waals surface area contributed by atoms with Crippen LogP contribution >= 0.6 is 11.8 Å². The van der Waals surface area contributed by atoms with Crippen LogP contribution in [0.4, 0.5) is 0 Å². The number of β-lactam (4-membered cyclic amide) rings is 1. The summed E-state index contributed by atoms with van der Waals surface area (Å²) in [5, 5.41) is 10.1. The van der Waals surface area contributed by atoms with Crippen molar-refractivity contribution in [2.75, 3.05) is 6.54 Å². The Morgan fingerprint density at radius 3 is 3.00 bits per heavy atom. The summed E-state index contributed by atoms with van der Waals surface area (Å²) < 4.78 is 0. The van der Waals surface area contributed by atoms with Gasteiger partial charge in [0.05, 0.1) is 11.3 Å². The molecule has 0 aliphatic carbocycles. The van der Waals surface area contributed by atoms with E-state index in [1.165, 1.54) is 22.1 Å². The zero-order valence-corrected chi connectivity index (χ0v) is 7.45. The van der Waals surface area contributed by atoms with Gasteiger partial charge in [-0.3, -0.25) is 9.69 Å². The van der Waals surface area contributed by atoms with Gasteiger partial charge < -0.3 is 10.8 Å². The third kappa shape index (κ3) is 0.988. The molecular weight excluding hydrogens is 192 g/mol. The van der Waals surface area contributed by atoms with Crippen molar-refractivity contribution in [3.63, 3.8) is 0 Å². The highest BCUT2D eigenvalue weighted by Crippen LogP contribution is 2.44. The number of carboxylic acid groups (broad SMARTS) is 1. The van der Waals surface area contributed by atoms with E-state index in [2.05, 4.69) is 0 Å². The monoisotopic (exact) mass is 200 g/mol. The summed E-state index contributed by atoms with van der Waals surface area (Å²) in [6.45, 7) is 0.285. The lowest BCUT2D eigenvalue weighted by molar-refractivity contribution is -0.151. The number of nitrogens with zero attached hydrogens (tertiary/aromatic N) is 1. The van der Waals surface area contributed by atoms with E-state index in [1.54, 1.807) is 0 Å². The normalized spacial score (nSPS) is 31.0. The molecule has 3 N–H and O–H groups in total. The van der Waals surface area contributed by atoms with Crippen molar-refractivity contribution in [1.29, 1.82) is 0 Å². The minimum absolute atomic E-state index is 0.0738. The van der Waals surface area contributed by atoms with Gasteiger partial charge in [-0.15, -0.1) is 11.8 Å². The zero-order valence-electron chi connectivity index (χ0n) is 6.64. The molecule has 2 atom stereocenters. The number of carbonyl (C=O) groups excluding carboxylic acids is 1. The molecule has 0 saturated carbocycles. The number of carbonyl (C=O) groups is 2. The Balaban J connectivity index is 2.18. The summed E-state index contributed by atoms with van der Waals surface area (Å²) in [5.74, 6) is -1.44. The molecule has 0 aromatic carbocycles. The number of hydrogen-bond donors (Lipinski definition) is 2. The molecule has 0 bridgehead atoms. The topological polar surface area (TPSA) is 83.6 Å². The molecule has 0 aromatic rings. The summed E-state index contributed by atoms with van der Waals surface area (Å²) in [5.41, 5.74) is 5.44. The van der Waals surface area contributed by atoms with E-state index in [0.29, 0.717) is 0 Å². The van der Waals surface area contributed by atoms with E-state index in [0.717, 1.165) is 0 Å². The van der Waals surface area contributed by atoms with Crippen LogP contribution in [0.15, 0.2) is 11.1 Å². The van der Waals surface area contributed by atoms with E-state index in [4.69, 9.17) is 10.8 Å². The molecule has 13 heavy (non-hydrogen) atoms. The quantitative estimate of drug-likeness (QED) is 0.582. The Hall–Kier alpha value is -1.01. The number of fused-ring (bicyclic) bond motifs is 1. The third-order valence-electron chi connectivity index (χ3n) is 2.21. The number of rotatable bonds is 2. The van der Waals surface area contributed by atoms with Crippen LogP contribution in [0, 0.1) is 5.92 Å². The van der Waals surface area contributed by atoms with Gasteiger partial charge in [-0.05, 0) is 0 Å². The van der Waals surface area contributed by atoms with Gasteiger partial charge in [-0.2, -0.15) is 0 Å². The maximum atomic E-state index is 11.3. The van der Waals surface area contributed by atoms with Gasteiger partial charge >= 0.3 is 5.97 Å². The first-order chi connectivity index (χ1) is 6.16. The summed E-state index contributed by atoms with van der Waals surface area (Å²) in [6, 6.07) is 0. The van der Waals surface area contributed by atoms with Crippen LogP contribution < -0.4 is 5.73 Å². The second-order valence-corrected chi connectivity index (χ2v) is 3.88. The van der Waals surface area contributed by atoms with Crippen molar-refractivity contribution in [3.8, 4) is 0 Å². The fourth-order valence-corrected chi connectivity index (χ4v) is 2.74. The first-order valence-electron chi connectivity index (χ1n) is 3.79. The maximum absolute atomic E-state index is 11.3. The lowest BCUT2D eigenvalue weighted by Gasteiger charge is -2.41. The van der Waals surface area contributed by atoms with Gasteiger partial charge in [0.2, 0.25) is 5.91 Å². The molecule has 1 saturated heterocycles. The average molecular weight is 200 g/mol. The molecule has 5 nitrogen and oxygen atoms in total. The summed E-state index contributed by atoms with van der Waals surface area (Å²) in [6.07, 6.45) is 0. The molecule has 2 aliphatic heterocycles. The van der Waals surface area contributed by atoms with Gasteiger partial charge in [0.25, 0.3) is 0 Å². The molecule has 2 rings (SSSR count). The second-order valence-electron chi connectivity index (χ2n) is 2.89. The molecule has 6 heteroatoms. The molecule has 1 amide bonds. The molecule has 70 valence electrons. The lowest BCUT2D eigenvalue weighted by Crippen LogP contribution is -2.59. The van der Waals surface area contributed by atoms with E-state index >= 15 is 0 Å². The molecule has 1 unspecified atom stereocenters. The van der Waals surface area contributed by atoms with Gasteiger partial charge in [-0.1, -0.05) is 0 Å². The van der Waals surface area contributed by atoms with Crippen LogP contribution in [-0.2, 0) is 9.59 Å². The van der Waals surface area contributed by atoms with E-state index in [-0.39, 0.29) is 29.4 Å². The van der Waals surface area contributed by atoms with Crippen LogP contribution in [0.25, 0.3) is 0 Å². The van der Waals surface area contributed by atoms with Gasteiger partial charge in [0, 0.05) is 12.0 Å².